The Balaban J connectivity index is 1.78. The minimum atomic E-state index is -2.56. The van der Waals surface area contributed by atoms with E-state index in [0.717, 1.165) is 11.8 Å². The molecule has 0 saturated carbocycles. The maximum Gasteiger partial charge on any atom is 0.263 e. The lowest BCUT2D eigenvalue weighted by Gasteiger charge is -2.21. The van der Waals surface area contributed by atoms with Crippen LogP contribution in [0.5, 0.6) is 11.5 Å². The molecule has 164 valence electrons. The van der Waals surface area contributed by atoms with Crippen molar-refractivity contribution in [2.45, 2.75) is 31.4 Å². The standard InChI is InChI=1S/C26H23F2NO2S/c1-17(2)24(18-11-13-19(14-12-18)25(27)28)26(30)32-23(16-29)20-7-6-10-22(15-20)31-21-8-4-3-5-9-21/h3-15,17,23-25H,1-2H3. The van der Waals surface area contributed by atoms with Gasteiger partial charge in [-0.15, -0.1) is 0 Å². The van der Waals surface area contributed by atoms with Crippen LogP contribution in [0.4, 0.5) is 8.78 Å². The van der Waals surface area contributed by atoms with Gasteiger partial charge in [0.15, 0.2) is 5.12 Å². The van der Waals surface area contributed by atoms with E-state index in [1.807, 2.05) is 44.2 Å². The lowest BCUT2D eigenvalue weighted by atomic mass is 9.89. The molecule has 0 aliphatic carbocycles. The van der Waals surface area contributed by atoms with Gasteiger partial charge in [0.25, 0.3) is 6.43 Å². The zero-order valence-corrected chi connectivity index (χ0v) is 18.6. The molecule has 0 heterocycles. The Morgan fingerprint density at radius 1 is 0.875 bits per heavy atom. The van der Waals surface area contributed by atoms with E-state index < -0.39 is 17.6 Å². The summed E-state index contributed by atoms with van der Waals surface area (Å²) in [5.74, 6) is 0.685. The van der Waals surface area contributed by atoms with Crippen molar-refractivity contribution in [3.8, 4) is 17.6 Å². The molecule has 32 heavy (non-hydrogen) atoms. The molecular weight excluding hydrogens is 428 g/mol. The quantitative estimate of drug-likeness (QED) is 0.352. The number of ether oxygens (including phenoxy) is 1. The zero-order valence-electron chi connectivity index (χ0n) is 17.7. The summed E-state index contributed by atoms with van der Waals surface area (Å²) in [4.78, 5) is 13.2. The second-order valence-corrected chi connectivity index (χ2v) is 8.73. The van der Waals surface area contributed by atoms with Crippen LogP contribution in [0.1, 0.15) is 48.1 Å². The van der Waals surface area contributed by atoms with Gasteiger partial charge >= 0.3 is 0 Å². The van der Waals surface area contributed by atoms with E-state index in [0.29, 0.717) is 22.6 Å². The smallest absolute Gasteiger partial charge is 0.263 e. The molecule has 2 atom stereocenters. The Morgan fingerprint density at radius 2 is 1.50 bits per heavy atom. The van der Waals surface area contributed by atoms with Crippen molar-refractivity contribution in [1.29, 1.82) is 5.26 Å². The maximum atomic E-state index is 13.2. The van der Waals surface area contributed by atoms with E-state index in [2.05, 4.69) is 6.07 Å². The molecule has 0 spiro atoms. The summed E-state index contributed by atoms with van der Waals surface area (Å²) in [6.07, 6.45) is -2.56. The van der Waals surface area contributed by atoms with Crippen molar-refractivity contribution in [2.75, 3.05) is 0 Å². The number of nitriles is 1. The van der Waals surface area contributed by atoms with E-state index in [1.165, 1.54) is 12.1 Å². The Morgan fingerprint density at radius 3 is 2.09 bits per heavy atom. The molecule has 0 saturated heterocycles. The fourth-order valence-electron chi connectivity index (χ4n) is 3.37. The lowest BCUT2D eigenvalue weighted by molar-refractivity contribution is -0.113. The molecule has 2 unspecified atom stereocenters. The van der Waals surface area contributed by atoms with Gasteiger partial charge in [-0.05, 0) is 41.3 Å². The van der Waals surface area contributed by atoms with Gasteiger partial charge in [0.05, 0.1) is 12.0 Å². The highest BCUT2D eigenvalue weighted by Gasteiger charge is 2.28. The predicted molar refractivity (Wildman–Crippen MR) is 123 cm³/mol. The molecule has 0 N–H and O–H groups in total. The molecule has 3 aromatic rings. The normalized spacial score (nSPS) is 12.9. The number of carbonyl (C=O) groups is 1. The van der Waals surface area contributed by atoms with Crippen molar-refractivity contribution in [2.24, 2.45) is 5.92 Å². The maximum absolute atomic E-state index is 13.2. The summed E-state index contributed by atoms with van der Waals surface area (Å²) in [7, 11) is 0. The summed E-state index contributed by atoms with van der Waals surface area (Å²) in [5, 5.41) is 8.86. The first-order valence-electron chi connectivity index (χ1n) is 10.2. The van der Waals surface area contributed by atoms with E-state index >= 15 is 0 Å². The fraction of sp³-hybridized carbons (Fsp3) is 0.231. The number of alkyl halides is 2. The average Bonchev–Trinajstić information content (AvgIpc) is 2.78. The van der Waals surface area contributed by atoms with Crippen LogP contribution in [-0.2, 0) is 4.79 Å². The molecular formula is C26H23F2NO2S. The second-order valence-electron chi connectivity index (χ2n) is 7.62. The highest BCUT2D eigenvalue weighted by molar-refractivity contribution is 8.14. The number of nitrogens with zero attached hydrogens (tertiary/aromatic N) is 1. The van der Waals surface area contributed by atoms with Crippen LogP contribution in [0.25, 0.3) is 0 Å². The second kappa shape index (κ2) is 10.9. The molecule has 0 radical (unpaired) electrons. The van der Waals surface area contributed by atoms with Crippen LogP contribution in [0.3, 0.4) is 0 Å². The van der Waals surface area contributed by atoms with E-state index in [4.69, 9.17) is 4.74 Å². The van der Waals surface area contributed by atoms with Gasteiger partial charge < -0.3 is 4.74 Å². The Hall–Kier alpha value is -3.17. The van der Waals surface area contributed by atoms with Crippen LogP contribution in [0, 0.1) is 17.2 Å². The van der Waals surface area contributed by atoms with E-state index in [-0.39, 0.29) is 16.6 Å². The highest BCUT2D eigenvalue weighted by atomic mass is 32.2. The largest absolute Gasteiger partial charge is 0.457 e. The number of halogens is 2. The van der Waals surface area contributed by atoms with Gasteiger partial charge in [-0.2, -0.15) is 5.26 Å². The topological polar surface area (TPSA) is 50.1 Å². The molecule has 0 fully saturated rings. The predicted octanol–water partition coefficient (Wildman–Crippen LogP) is 7.68. The molecule has 3 nitrogen and oxygen atoms in total. The van der Waals surface area contributed by atoms with Crippen LogP contribution < -0.4 is 4.74 Å². The van der Waals surface area contributed by atoms with Crippen molar-refractivity contribution < 1.29 is 18.3 Å². The van der Waals surface area contributed by atoms with E-state index in [1.54, 1.807) is 36.4 Å². The number of rotatable bonds is 8. The van der Waals surface area contributed by atoms with Gasteiger partial charge in [-0.3, -0.25) is 4.79 Å². The van der Waals surface area contributed by atoms with Crippen LogP contribution in [0.15, 0.2) is 78.9 Å². The summed E-state index contributed by atoms with van der Waals surface area (Å²) >= 11 is 0.951. The number of thioether (sulfide) groups is 1. The van der Waals surface area contributed by atoms with Crippen LogP contribution >= 0.6 is 11.8 Å². The molecule has 3 rings (SSSR count). The highest BCUT2D eigenvalue weighted by Crippen LogP contribution is 2.38. The molecule has 0 aliphatic rings. The molecule has 0 aromatic heterocycles. The summed E-state index contributed by atoms with van der Waals surface area (Å²) in [6, 6.07) is 24.4. The third-order valence-corrected chi connectivity index (χ3v) is 6.06. The Bertz CT molecular complexity index is 1080. The molecule has 6 heteroatoms. The monoisotopic (exact) mass is 451 g/mol. The summed E-state index contributed by atoms with van der Waals surface area (Å²) in [5.41, 5.74) is 1.25. The van der Waals surface area contributed by atoms with Crippen molar-refractivity contribution in [1.82, 2.24) is 0 Å². The van der Waals surface area contributed by atoms with Gasteiger partial charge in [0, 0.05) is 5.56 Å². The molecule has 0 amide bonds. The Labute approximate surface area is 191 Å². The zero-order chi connectivity index (χ0) is 23.1. The minimum Gasteiger partial charge on any atom is -0.457 e. The van der Waals surface area contributed by atoms with Gasteiger partial charge in [0.2, 0.25) is 0 Å². The number of benzene rings is 3. The molecule has 3 aromatic carbocycles. The summed E-state index contributed by atoms with van der Waals surface area (Å²) in [6.45, 7) is 3.81. The van der Waals surface area contributed by atoms with E-state index in [9.17, 15) is 18.8 Å². The number of hydrogen-bond acceptors (Lipinski definition) is 4. The van der Waals surface area contributed by atoms with Crippen LogP contribution in [0.2, 0.25) is 0 Å². The van der Waals surface area contributed by atoms with Gasteiger partial charge in [-0.1, -0.05) is 80.2 Å². The van der Waals surface area contributed by atoms with Crippen molar-refractivity contribution >= 4 is 16.9 Å². The minimum absolute atomic E-state index is 0.0560. The lowest BCUT2D eigenvalue weighted by Crippen LogP contribution is -2.16. The molecule has 0 bridgehead atoms. The third-order valence-electron chi connectivity index (χ3n) is 4.96. The van der Waals surface area contributed by atoms with Crippen molar-refractivity contribution in [3.05, 3.63) is 95.6 Å². The number of para-hydroxylation sites is 1. The van der Waals surface area contributed by atoms with Crippen molar-refractivity contribution in [3.63, 3.8) is 0 Å². The molecule has 0 aliphatic heterocycles. The SMILES string of the molecule is CC(C)C(C(=O)SC(C#N)c1cccc(Oc2ccccc2)c1)c1ccc(C(F)F)cc1. The first kappa shape index (κ1) is 23.5. The Kier molecular flexibility index (Phi) is 8.02. The van der Waals surface area contributed by atoms with Crippen LogP contribution in [-0.4, -0.2) is 5.12 Å². The third kappa shape index (κ3) is 5.95. The number of hydrogen-bond donors (Lipinski definition) is 0. The fourth-order valence-corrected chi connectivity index (χ4v) is 4.49. The average molecular weight is 452 g/mol. The number of carbonyl (C=O) groups excluding carboxylic acids is 1. The first-order valence-corrected chi connectivity index (χ1v) is 11.1. The van der Waals surface area contributed by atoms with Gasteiger partial charge in [0.1, 0.15) is 16.7 Å². The van der Waals surface area contributed by atoms with Gasteiger partial charge in [-0.25, -0.2) is 8.78 Å². The summed E-state index contributed by atoms with van der Waals surface area (Å²) < 4.78 is 31.6. The first-order chi connectivity index (χ1) is 15.4.